The molecule has 0 fully saturated rings. The Bertz CT molecular complexity index is 689. The quantitative estimate of drug-likeness (QED) is 0.787. The van der Waals surface area contributed by atoms with E-state index in [-0.39, 0.29) is 21.4 Å². The highest BCUT2D eigenvalue weighted by Gasteiger charge is 2.12. The Labute approximate surface area is 108 Å². The predicted octanol–water partition coefficient (Wildman–Crippen LogP) is 1.73. The van der Waals surface area contributed by atoms with Crippen molar-refractivity contribution in [1.82, 2.24) is 15.0 Å². The summed E-state index contributed by atoms with van der Waals surface area (Å²) in [5.41, 5.74) is 0.288. The van der Waals surface area contributed by atoms with Crippen molar-refractivity contribution in [1.29, 1.82) is 0 Å². The number of hydrogen-bond acceptors (Lipinski definition) is 5. The molecule has 5 nitrogen and oxygen atoms in total. The van der Waals surface area contributed by atoms with Gasteiger partial charge in [-0.15, -0.1) is 0 Å². The first kappa shape index (κ1) is 12.8. The molecule has 0 aliphatic carbocycles. The fourth-order valence-corrected chi connectivity index (χ4v) is 1.88. The van der Waals surface area contributed by atoms with E-state index >= 15 is 0 Å². The van der Waals surface area contributed by atoms with E-state index in [0.29, 0.717) is 0 Å². The van der Waals surface area contributed by atoms with Gasteiger partial charge in [0.05, 0.1) is 23.7 Å². The van der Waals surface area contributed by atoms with Crippen LogP contribution in [0.1, 0.15) is 0 Å². The van der Waals surface area contributed by atoms with E-state index in [1.807, 2.05) is 0 Å². The normalized spacial score (nSPS) is 11.5. The highest BCUT2D eigenvalue weighted by atomic mass is 35.5. The molecule has 0 aliphatic rings. The monoisotopic (exact) mass is 287 g/mol. The van der Waals surface area contributed by atoms with Crippen LogP contribution < -0.4 is 0 Å². The van der Waals surface area contributed by atoms with Gasteiger partial charge < -0.3 is 0 Å². The van der Waals surface area contributed by atoms with Crippen LogP contribution in [0.25, 0.3) is 11.3 Å². The minimum absolute atomic E-state index is 0.0250. The van der Waals surface area contributed by atoms with Crippen molar-refractivity contribution in [2.75, 3.05) is 6.26 Å². The van der Waals surface area contributed by atoms with E-state index in [1.165, 1.54) is 12.4 Å². The first-order chi connectivity index (χ1) is 8.38. The maximum atomic E-state index is 13.6. The maximum Gasteiger partial charge on any atom is 0.194 e. The number of hydrogen-bond donors (Lipinski definition) is 0. The third-order valence-corrected chi connectivity index (χ3v) is 3.28. The summed E-state index contributed by atoms with van der Waals surface area (Å²) in [5, 5.41) is -0.148. The SMILES string of the molecule is CS(=O)(=O)c1cnc(-c2cnc(Cl)cc2F)cn1. The summed E-state index contributed by atoms with van der Waals surface area (Å²) >= 11 is 5.52. The molecule has 2 aromatic heterocycles. The van der Waals surface area contributed by atoms with E-state index in [2.05, 4.69) is 15.0 Å². The molecule has 0 radical (unpaired) electrons. The number of rotatable bonds is 2. The molecule has 94 valence electrons. The van der Waals surface area contributed by atoms with Crippen LogP contribution in [-0.2, 0) is 9.84 Å². The van der Waals surface area contributed by atoms with Crippen LogP contribution in [-0.4, -0.2) is 29.6 Å². The van der Waals surface area contributed by atoms with Gasteiger partial charge in [-0.3, -0.25) is 4.98 Å². The van der Waals surface area contributed by atoms with Crippen molar-refractivity contribution < 1.29 is 12.8 Å². The highest BCUT2D eigenvalue weighted by Crippen LogP contribution is 2.21. The molecule has 0 atom stereocenters. The molecule has 0 aliphatic heterocycles. The van der Waals surface area contributed by atoms with E-state index < -0.39 is 15.7 Å². The number of pyridine rings is 1. The Hall–Kier alpha value is -1.60. The average molecular weight is 288 g/mol. The van der Waals surface area contributed by atoms with Gasteiger partial charge in [0, 0.05) is 18.5 Å². The Kier molecular flexibility index (Phi) is 3.27. The lowest BCUT2D eigenvalue weighted by Gasteiger charge is -2.03. The van der Waals surface area contributed by atoms with E-state index in [1.54, 1.807) is 0 Å². The Morgan fingerprint density at radius 3 is 2.39 bits per heavy atom. The molecule has 0 saturated carbocycles. The van der Waals surface area contributed by atoms with Crippen molar-refractivity contribution in [3.8, 4) is 11.3 Å². The van der Waals surface area contributed by atoms with Crippen LogP contribution in [0, 0.1) is 5.82 Å². The van der Waals surface area contributed by atoms with Gasteiger partial charge in [-0.25, -0.2) is 22.8 Å². The van der Waals surface area contributed by atoms with Gasteiger partial charge in [-0.05, 0) is 0 Å². The number of sulfone groups is 1. The molecular weight excluding hydrogens is 281 g/mol. The van der Waals surface area contributed by atoms with Gasteiger partial charge in [0.2, 0.25) is 0 Å². The van der Waals surface area contributed by atoms with E-state index in [9.17, 15) is 12.8 Å². The minimum Gasteiger partial charge on any atom is -0.251 e. The minimum atomic E-state index is -3.42. The molecule has 2 heterocycles. The lowest BCUT2D eigenvalue weighted by molar-refractivity contribution is 0.597. The van der Waals surface area contributed by atoms with Crippen molar-refractivity contribution in [3.63, 3.8) is 0 Å². The number of halogens is 2. The van der Waals surface area contributed by atoms with Gasteiger partial charge in [-0.2, -0.15) is 0 Å². The molecule has 2 rings (SSSR count). The molecule has 0 N–H and O–H groups in total. The molecule has 0 saturated heterocycles. The average Bonchev–Trinajstić information content (AvgIpc) is 2.28. The summed E-state index contributed by atoms with van der Waals surface area (Å²) < 4.78 is 35.9. The van der Waals surface area contributed by atoms with Crippen LogP contribution in [0.15, 0.2) is 29.7 Å². The number of nitrogens with zero attached hydrogens (tertiary/aromatic N) is 3. The molecule has 0 bridgehead atoms. The standard InChI is InChI=1S/C10H7ClFN3O2S/c1-18(16,17)10-5-13-8(4-15-10)6-3-14-9(11)2-7(6)12/h2-5H,1H3. The zero-order valence-corrected chi connectivity index (χ0v) is 10.7. The maximum absolute atomic E-state index is 13.6. The summed E-state index contributed by atoms with van der Waals surface area (Å²) in [4.78, 5) is 11.3. The smallest absolute Gasteiger partial charge is 0.194 e. The van der Waals surface area contributed by atoms with Gasteiger partial charge in [0.25, 0.3) is 0 Å². The van der Waals surface area contributed by atoms with Crippen LogP contribution >= 0.6 is 11.6 Å². The Morgan fingerprint density at radius 1 is 1.17 bits per heavy atom. The van der Waals surface area contributed by atoms with Gasteiger partial charge >= 0.3 is 0 Å². The van der Waals surface area contributed by atoms with Crippen molar-refractivity contribution in [3.05, 3.63) is 35.6 Å². The molecule has 0 spiro atoms. The Balaban J connectivity index is 2.47. The first-order valence-corrected chi connectivity index (χ1v) is 6.98. The summed E-state index contributed by atoms with van der Waals surface area (Å²) in [7, 11) is -3.42. The van der Waals surface area contributed by atoms with Gasteiger partial charge in [0.1, 0.15) is 11.0 Å². The highest BCUT2D eigenvalue weighted by molar-refractivity contribution is 7.90. The summed E-state index contributed by atoms with van der Waals surface area (Å²) in [5.74, 6) is -0.601. The molecule has 0 unspecified atom stereocenters. The second-order valence-corrected chi connectivity index (χ2v) is 5.85. The third kappa shape index (κ3) is 2.62. The number of aromatic nitrogens is 3. The molecule has 0 aromatic carbocycles. The molecule has 0 amide bonds. The molecule has 2 aromatic rings. The third-order valence-electron chi connectivity index (χ3n) is 2.10. The lowest BCUT2D eigenvalue weighted by atomic mass is 10.2. The van der Waals surface area contributed by atoms with Crippen LogP contribution in [0.3, 0.4) is 0 Å². The first-order valence-electron chi connectivity index (χ1n) is 4.71. The molecule has 8 heteroatoms. The van der Waals surface area contributed by atoms with Crippen molar-refractivity contribution in [2.24, 2.45) is 0 Å². The fourth-order valence-electron chi connectivity index (χ4n) is 1.24. The van der Waals surface area contributed by atoms with E-state index in [4.69, 9.17) is 11.6 Å². The molecular formula is C10H7ClFN3O2S. The van der Waals surface area contributed by atoms with Crippen LogP contribution in [0.5, 0.6) is 0 Å². The zero-order chi connectivity index (χ0) is 13.3. The predicted molar refractivity (Wildman–Crippen MR) is 63.3 cm³/mol. The fraction of sp³-hybridized carbons (Fsp3) is 0.100. The zero-order valence-electron chi connectivity index (χ0n) is 9.13. The summed E-state index contributed by atoms with van der Waals surface area (Å²) in [6.07, 6.45) is 4.46. The second kappa shape index (κ2) is 4.58. The van der Waals surface area contributed by atoms with E-state index in [0.717, 1.165) is 18.5 Å². The second-order valence-electron chi connectivity index (χ2n) is 3.50. The van der Waals surface area contributed by atoms with Crippen molar-refractivity contribution in [2.45, 2.75) is 5.03 Å². The van der Waals surface area contributed by atoms with Gasteiger partial charge in [0.15, 0.2) is 14.9 Å². The lowest BCUT2D eigenvalue weighted by Crippen LogP contribution is -2.02. The Morgan fingerprint density at radius 2 is 1.89 bits per heavy atom. The van der Waals surface area contributed by atoms with Crippen LogP contribution in [0.4, 0.5) is 4.39 Å². The van der Waals surface area contributed by atoms with Crippen LogP contribution in [0.2, 0.25) is 5.15 Å². The summed E-state index contributed by atoms with van der Waals surface area (Å²) in [6, 6.07) is 1.04. The van der Waals surface area contributed by atoms with Crippen molar-refractivity contribution >= 4 is 21.4 Å². The summed E-state index contributed by atoms with van der Waals surface area (Å²) in [6.45, 7) is 0. The largest absolute Gasteiger partial charge is 0.251 e. The molecule has 18 heavy (non-hydrogen) atoms. The topological polar surface area (TPSA) is 72.8 Å². The van der Waals surface area contributed by atoms with Gasteiger partial charge in [-0.1, -0.05) is 11.6 Å².